The number of morpholine rings is 1. The molecule has 1 amide bonds. The number of hydrogen-bond acceptors (Lipinski definition) is 3. The van der Waals surface area contributed by atoms with E-state index in [1.807, 2.05) is 0 Å². The fourth-order valence-corrected chi connectivity index (χ4v) is 3.32. The lowest BCUT2D eigenvalue weighted by atomic mass is 10.0. The van der Waals surface area contributed by atoms with Crippen molar-refractivity contribution in [3.05, 3.63) is 0 Å². The topological polar surface area (TPSA) is 41.6 Å². The smallest absolute Gasteiger partial charge is 0.220 e. The molecule has 0 aromatic carbocycles. The summed E-state index contributed by atoms with van der Waals surface area (Å²) in [6.07, 6.45) is 7.14. The molecule has 0 radical (unpaired) electrons. The first-order valence-electron chi connectivity index (χ1n) is 8.17. The van der Waals surface area contributed by atoms with Crippen molar-refractivity contribution < 1.29 is 9.53 Å². The van der Waals surface area contributed by atoms with E-state index in [2.05, 4.69) is 24.1 Å². The van der Waals surface area contributed by atoms with Crippen LogP contribution in [0.2, 0.25) is 0 Å². The quantitative estimate of drug-likeness (QED) is 0.812. The van der Waals surface area contributed by atoms with Gasteiger partial charge in [0.1, 0.15) is 0 Å². The Morgan fingerprint density at radius 1 is 1.25 bits per heavy atom. The lowest BCUT2D eigenvalue weighted by Gasteiger charge is -2.40. The number of carbonyl (C=O) groups excluding carboxylic acids is 1. The summed E-state index contributed by atoms with van der Waals surface area (Å²) in [5.41, 5.74) is 0.0206. The molecule has 0 aromatic rings. The van der Waals surface area contributed by atoms with Gasteiger partial charge in [-0.25, -0.2) is 0 Å². The van der Waals surface area contributed by atoms with Gasteiger partial charge >= 0.3 is 0 Å². The maximum atomic E-state index is 12.0. The van der Waals surface area contributed by atoms with Gasteiger partial charge in [-0.15, -0.1) is 0 Å². The molecule has 2 rings (SSSR count). The van der Waals surface area contributed by atoms with Gasteiger partial charge in [-0.3, -0.25) is 9.69 Å². The van der Waals surface area contributed by atoms with E-state index in [4.69, 9.17) is 4.74 Å². The van der Waals surface area contributed by atoms with Crippen LogP contribution in [0.15, 0.2) is 0 Å². The van der Waals surface area contributed by atoms with E-state index in [1.54, 1.807) is 0 Å². The molecule has 1 saturated carbocycles. The third-order valence-electron chi connectivity index (χ3n) is 4.84. The largest absolute Gasteiger partial charge is 0.379 e. The second-order valence-electron chi connectivity index (χ2n) is 6.88. The third-order valence-corrected chi connectivity index (χ3v) is 4.84. The summed E-state index contributed by atoms with van der Waals surface area (Å²) >= 11 is 0. The van der Waals surface area contributed by atoms with E-state index in [0.29, 0.717) is 6.42 Å². The van der Waals surface area contributed by atoms with Crippen molar-refractivity contribution in [2.45, 2.75) is 57.9 Å². The van der Waals surface area contributed by atoms with Crippen molar-refractivity contribution in [1.29, 1.82) is 0 Å². The highest BCUT2D eigenvalue weighted by molar-refractivity contribution is 5.75. The Morgan fingerprint density at radius 3 is 2.55 bits per heavy atom. The van der Waals surface area contributed by atoms with Gasteiger partial charge in [0, 0.05) is 31.6 Å². The number of hydrogen-bond donors (Lipinski definition) is 1. The van der Waals surface area contributed by atoms with Crippen molar-refractivity contribution in [2.24, 2.45) is 5.92 Å². The van der Waals surface area contributed by atoms with E-state index in [9.17, 15) is 4.79 Å². The highest BCUT2D eigenvalue weighted by Gasteiger charge is 2.28. The van der Waals surface area contributed by atoms with E-state index in [-0.39, 0.29) is 11.4 Å². The van der Waals surface area contributed by atoms with Crippen LogP contribution in [-0.4, -0.2) is 49.2 Å². The molecule has 2 aliphatic rings. The number of nitrogens with zero attached hydrogens (tertiary/aromatic N) is 1. The molecule has 0 spiro atoms. The van der Waals surface area contributed by atoms with E-state index in [1.165, 1.54) is 25.7 Å². The van der Waals surface area contributed by atoms with Gasteiger partial charge in [0.15, 0.2) is 0 Å². The molecule has 4 nitrogen and oxygen atoms in total. The van der Waals surface area contributed by atoms with Crippen molar-refractivity contribution in [3.8, 4) is 0 Å². The summed E-state index contributed by atoms with van der Waals surface area (Å²) in [5.74, 6) is 1.02. The van der Waals surface area contributed by atoms with Gasteiger partial charge in [0.25, 0.3) is 0 Å². The monoisotopic (exact) mass is 282 g/mol. The Morgan fingerprint density at radius 2 is 1.90 bits per heavy atom. The van der Waals surface area contributed by atoms with Crippen LogP contribution < -0.4 is 5.32 Å². The van der Waals surface area contributed by atoms with Crippen LogP contribution in [0, 0.1) is 5.92 Å². The van der Waals surface area contributed by atoms with Crippen LogP contribution in [0.3, 0.4) is 0 Å². The van der Waals surface area contributed by atoms with Gasteiger partial charge in [-0.2, -0.15) is 0 Å². The minimum atomic E-state index is 0.0206. The number of rotatable bonds is 6. The molecule has 2 fully saturated rings. The first kappa shape index (κ1) is 15.8. The number of ether oxygens (including phenoxy) is 1. The van der Waals surface area contributed by atoms with E-state index >= 15 is 0 Å². The summed E-state index contributed by atoms with van der Waals surface area (Å²) < 4.78 is 5.39. The average molecular weight is 282 g/mol. The van der Waals surface area contributed by atoms with Crippen LogP contribution in [0.25, 0.3) is 0 Å². The minimum absolute atomic E-state index is 0.0206. The lowest BCUT2D eigenvalue weighted by Crippen LogP contribution is -2.55. The number of nitrogens with one attached hydrogen (secondary N) is 1. The molecule has 0 unspecified atom stereocenters. The predicted octanol–water partition coefficient (Wildman–Crippen LogP) is 2.18. The van der Waals surface area contributed by atoms with Crippen molar-refractivity contribution in [2.75, 3.05) is 32.8 Å². The molecule has 20 heavy (non-hydrogen) atoms. The Balaban J connectivity index is 1.65. The summed E-state index contributed by atoms with van der Waals surface area (Å²) in [6.45, 7) is 8.68. The van der Waals surface area contributed by atoms with Crippen LogP contribution in [0.5, 0.6) is 0 Å². The minimum Gasteiger partial charge on any atom is -0.379 e. The van der Waals surface area contributed by atoms with Gasteiger partial charge in [-0.05, 0) is 26.2 Å². The van der Waals surface area contributed by atoms with Crippen molar-refractivity contribution in [1.82, 2.24) is 10.2 Å². The van der Waals surface area contributed by atoms with Crippen molar-refractivity contribution in [3.63, 3.8) is 0 Å². The van der Waals surface area contributed by atoms with Gasteiger partial charge in [-0.1, -0.05) is 25.7 Å². The van der Waals surface area contributed by atoms with Crippen molar-refractivity contribution >= 4 is 5.91 Å². The van der Waals surface area contributed by atoms with Crippen LogP contribution in [0.1, 0.15) is 52.4 Å². The molecule has 1 aliphatic heterocycles. The number of amides is 1. The van der Waals surface area contributed by atoms with Crippen LogP contribution in [0.4, 0.5) is 0 Å². The maximum Gasteiger partial charge on any atom is 0.220 e. The summed E-state index contributed by atoms with van der Waals surface area (Å²) in [6, 6.07) is 0. The summed E-state index contributed by atoms with van der Waals surface area (Å²) in [5, 5.41) is 3.12. The first-order valence-corrected chi connectivity index (χ1v) is 8.17. The summed E-state index contributed by atoms with van der Waals surface area (Å²) in [4.78, 5) is 14.4. The molecular formula is C16H30N2O2. The SMILES string of the molecule is CC(C)(CNC(=O)CCC1CCCC1)N1CCOCC1. The molecule has 1 N–H and O–H groups in total. The molecule has 1 saturated heterocycles. The molecule has 0 atom stereocenters. The zero-order valence-corrected chi connectivity index (χ0v) is 13.1. The van der Waals surface area contributed by atoms with E-state index in [0.717, 1.165) is 45.2 Å². The molecule has 1 aliphatic carbocycles. The Hall–Kier alpha value is -0.610. The Kier molecular flexibility index (Phi) is 5.85. The summed E-state index contributed by atoms with van der Waals surface area (Å²) in [7, 11) is 0. The Labute approximate surface area is 123 Å². The first-order chi connectivity index (χ1) is 9.58. The fraction of sp³-hybridized carbons (Fsp3) is 0.938. The molecule has 1 heterocycles. The van der Waals surface area contributed by atoms with Gasteiger partial charge in [0.2, 0.25) is 5.91 Å². The standard InChI is InChI=1S/C16H30N2O2/c1-16(2,18-9-11-20-12-10-18)13-17-15(19)8-7-14-5-3-4-6-14/h14H,3-13H2,1-2H3,(H,17,19). The molecule has 4 heteroatoms. The zero-order chi connectivity index (χ0) is 14.4. The molecule has 0 aromatic heterocycles. The second-order valence-corrected chi connectivity index (χ2v) is 6.88. The zero-order valence-electron chi connectivity index (χ0n) is 13.1. The van der Waals surface area contributed by atoms with Gasteiger partial charge in [0.05, 0.1) is 13.2 Å². The van der Waals surface area contributed by atoms with Crippen LogP contribution in [-0.2, 0) is 9.53 Å². The average Bonchev–Trinajstić information content (AvgIpc) is 2.97. The van der Waals surface area contributed by atoms with Gasteiger partial charge < -0.3 is 10.1 Å². The maximum absolute atomic E-state index is 12.0. The van der Waals surface area contributed by atoms with Crippen LogP contribution >= 0.6 is 0 Å². The normalized spacial score (nSPS) is 22.1. The molecule has 116 valence electrons. The molecular weight excluding hydrogens is 252 g/mol. The fourth-order valence-electron chi connectivity index (χ4n) is 3.32. The van der Waals surface area contributed by atoms with E-state index < -0.39 is 0 Å². The highest BCUT2D eigenvalue weighted by atomic mass is 16.5. The third kappa shape index (κ3) is 4.74. The number of carbonyl (C=O) groups is 1. The Bertz CT molecular complexity index is 306. The highest BCUT2D eigenvalue weighted by Crippen LogP contribution is 2.28. The lowest BCUT2D eigenvalue weighted by molar-refractivity contribution is -0.122. The second kappa shape index (κ2) is 7.41. The predicted molar refractivity (Wildman–Crippen MR) is 80.7 cm³/mol. The molecule has 0 bridgehead atoms.